The van der Waals surface area contributed by atoms with Crippen molar-refractivity contribution in [3.63, 3.8) is 0 Å². The van der Waals surface area contributed by atoms with Crippen molar-refractivity contribution in [1.29, 1.82) is 0 Å². The van der Waals surface area contributed by atoms with Gasteiger partial charge in [0.25, 0.3) is 0 Å². The standard InChI is InChI=1S/C7H15NO2/c1-10-5-6-2-7(4-9)8-3-6/h6-9H,2-5H2,1H3/t6?,7-/m0/s1. The Kier molecular flexibility index (Phi) is 3.12. The molecular weight excluding hydrogens is 130 g/mol. The molecule has 1 aliphatic rings. The Labute approximate surface area is 61.4 Å². The number of hydrogen-bond acceptors (Lipinski definition) is 3. The molecule has 1 rings (SSSR count). The van der Waals surface area contributed by atoms with Gasteiger partial charge in [-0.3, -0.25) is 0 Å². The van der Waals surface area contributed by atoms with Gasteiger partial charge in [0, 0.05) is 19.7 Å². The van der Waals surface area contributed by atoms with Gasteiger partial charge in [-0.1, -0.05) is 0 Å². The van der Waals surface area contributed by atoms with Crippen LogP contribution in [-0.2, 0) is 4.74 Å². The monoisotopic (exact) mass is 145 g/mol. The lowest BCUT2D eigenvalue weighted by Gasteiger charge is -2.05. The van der Waals surface area contributed by atoms with E-state index < -0.39 is 0 Å². The van der Waals surface area contributed by atoms with Gasteiger partial charge in [0.05, 0.1) is 13.2 Å². The van der Waals surface area contributed by atoms with E-state index in [4.69, 9.17) is 9.84 Å². The Morgan fingerprint density at radius 1 is 1.70 bits per heavy atom. The maximum atomic E-state index is 8.75. The zero-order valence-electron chi connectivity index (χ0n) is 6.34. The molecule has 60 valence electrons. The summed E-state index contributed by atoms with van der Waals surface area (Å²) in [6.07, 6.45) is 1.05. The summed E-state index contributed by atoms with van der Waals surface area (Å²) in [4.78, 5) is 0. The minimum atomic E-state index is 0.250. The van der Waals surface area contributed by atoms with Gasteiger partial charge in [-0.25, -0.2) is 0 Å². The maximum Gasteiger partial charge on any atom is 0.0584 e. The van der Waals surface area contributed by atoms with E-state index in [1.807, 2.05) is 0 Å². The third-order valence-electron chi connectivity index (χ3n) is 1.94. The molecule has 0 aromatic rings. The maximum absolute atomic E-state index is 8.75. The molecule has 2 N–H and O–H groups in total. The fourth-order valence-corrected chi connectivity index (χ4v) is 1.40. The van der Waals surface area contributed by atoms with Crippen molar-refractivity contribution in [3.05, 3.63) is 0 Å². The SMILES string of the molecule is COCC1CN[C@H](CO)C1. The summed E-state index contributed by atoms with van der Waals surface area (Å²) < 4.78 is 5.00. The average Bonchev–Trinajstić information content (AvgIpc) is 2.37. The fraction of sp³-hybridized carbons (Fsp3) is 1.00. The van der Waals surface area contributed by atoms with E-state index in [2.05, 4.69) is 5.32 Å². The molecule has 1 fully saturated rings. The average molecular weight is 145 g/mol. The molecule has 0 amide bonds. The molecule has 10 heavy (non-hydrogen) atoms. The Morgan fingerprint density at radius 2 is 2.50 bits per heavy atom. The summed E-state index contributed by atoms with van der Waals surface area (Å²) in [6, 6.07) is 0.306. The number of rotatable bonds is 3. The molecular formula is C7H15NO2. The van der Waals surface area contributed by atoms with Crippen LogP contribution in [0.15, 0.2) is 0 Å². The second-order valence-corrected chi connectivity index (χ2v) is 2.84. The molecule has 0 saturated carbocycles. The first kappa shape index (κ1) is 7.98. The van der Waals surface area contributed by atoms with Gasteiger partial charge < -0.3 is 15.2 Å². The quantitative estimate of drug-likeness (QED) is 0.568. The zero-order valence-corrected chi connectivity index (χ0v) is 6.34. The molecule has 3 nitrogen and oxygen atoms in total. The molecule has 3 heteroatoms. The largest absolute Gasteiger partial charge is 0.395 e. The van der Waals surface area contributed by atoms with Crippen LogP contribution in [0.25, 0.3) is 0 Å². The molecule has 0 aromatic heterocycles. The third kappa shape index (κ3) is 1.94. The number of aliphatic hydroxyl groups is 1. The van der Waals surface area contributed by atoms with Crippen LogP contribution in [0.3, 0.4) is 0 Å². The van der Waals surface area contributed by atoms with Crippen LogP contribution in [0.1, 0.15) is 6.42 Å². The van der Waals surface area contributed by atoms with E-state index in [1.54, 1.807) is 7.11 Å². The Balaban J connectivity index is 2.15. The van der Waals surface area contributed by atoms with Gasteiger partial charge in [0.1, 0.15) is 0 Å². The summed E-state index contributed by atoms with van der Waals surface area (Å²) in [5.74, 6) is 0.599. The molecule has 0 bridgehead atoms. The summed E-state index contributed by atoms with van der Waals surface area (Å²) in [6.45, 7) is 2.04. The van der Waals surface area contributed by atoms with Gasteiger partial charge >= 0.3 is 0 Å². The van der Waals surface area contributed by atoms with E-state index in [0.717, 1.165) is 19.6 Å². The predicted octanol–water partition coefficient (Wildman–Crippen LogP) is -0.397. The molecule has 1 aliphatic heterocycles. The van der Waals surface area contributed by atoms with Crippen LogP contribution >= 0.6 is 0 Å². The topological polar surface area (TPSA) is 41.5 Å². The smallest absolute Gasteiger partial charge is 0.0584 e. The van der Waals surface area contributed by atoms with Crippen molar-refractivity contribution in [3.8, 4) is 0 Å². The molecule has 0 spiro atoms. The predicted molar refractivity (Wildman–Crippen MR) is 38.9 cm³/mol. The van der Waals surface area contributed by atoms with Crippen LogP contribution in [-0.4, -0.2) is 38.0 Å². The van der Waals surface area contributed by atoms with Crippen molar-refractivity contribution >= 4 is 0 Å². The first-order valence-corrected chi connectivity index (χ1v) is 3.70. The highest BCUT2D eigenvalue weighted by molar-refractivity contribution is 4.80. The Hall–Kier alpha value is -0.120. The van der Waals surface area contributed by atoms with Gasteiger partial charge in [0.15, 0.2) is 0 Å². The first-order chi connectivity index (χ1) is 4.86. The molecule has 0 radical (unpaired) electrons. The Morgan fingerprint density at radius 3 is 3.00 bits per heavy atom. The number of hydrogen-bond donors (Lipinski definition) is 2. The highest BCUT2D eigenvalue weighted by Crippen LogP contribution is 2.12. The summed E-state index contributed by atoms with van der Waals surface area (Å²) in [5, 5.41) is 12.0. The van der Waals surface area contributed by atoms with Crippen molar-refractivity contribution in [2.45, 2.75) is 12.5 Å². The molecule has 0 aromatic carbocycles. The minimum Gasteiger partial charge on any atom is -0.395 e. The van der Waals surface area contributed by atoms with Crippen molar-refractivity contribution < 1.29 is 9.84 Å². The number of methoxy groups -OCH3 is 1. The zero-order chi connectivity index (χ0) is 7.40. The van der Waals surface area contributed by atoms with Crippen LogP contribution in [0, 0.1) is 5.92 Å². The van der Waals surface area contributed by atoms with Gasteiger partial charge in [-0.15, -0.1) is 0 Å². The van der Waals surface area contributed by atoms with Crippen molar-refractivity contribution in [2.75, 3.05) is 26.9 Å². The van der Waals surface area contributed by atoms with Gasteiger partial charge in [-0.2, -0.15) is 0 Å². The minimum absolute atomic E-state index is 0.250. The molecule has 1 heterocycles. The summed E-state index contributed by atoms with van der Waals surface area (Å²) in [5.41, 5.74) is 0. The number of nitrogens with one attached hydrogen (secondary N) is 1. The first-order valence-electron chi connectivity index (χ1n) is 3.70. The highest BCUT2D eigenvalue weighted by Gasteiger charge is 2.22. The van der Waals surface area contributed by atoms with Crippen molar-refractivity contribution in [2.24, 2.45) is 5.92 Å². The molecule has 1 saturated heterocycles. The summed E-state index contributed by atoms with van der Waals surface area (Å²) >= 11 is 0. The Bertz CT molecular complexity index is 97.6. The van der Waals surface area contributed by atoms with Crippen molar-refractivity contribution in [1.82, 2.24) is 5.32 Å². The summed E-state index contributed by atoms with van der Waals surface area (Å²) in [7, 11) is 1.71. The molecule has 0 aliphatic carbocycles. The van der Waals surface area contributed by atoms with E-state index in [-0.39, 0.29) is 6.61 Å². The second kappa shape index (κ2) is 3.91. The van der Waals surface area contributed by atoms with Crippen LogP contribution in [0.2, 0.25) is 0 Å². The highest BCUT2D eigenvalue weighted by atomic mass is 16.5. The molecule has 1 unspecified atom stereocenters. The normalized spacial score (nSPS) is 33.0. The number of ether oxygens (including phenoxy) is 1. The van der Waals surface area contributed by atoms with E-state index in [0.29, 0.717) is 12.0 Å². The van der Waals surface area contributed by atoms with Crippen LogP contribution in [0.5, 0.6) is 0 Å². The van der Waals surface area contributed by atoms with Gasteiger partial charge in [-0.05, 0) is 12.3 Å². The lowest BCUT2D eigenvalue weighted by Crippen LogP contribution is -2.24. The van der Waals surface area contributed by atoms with Gasteiger partial charge in [0.2, 0.25) is 0 Å². The van der Waals surface area contributed by atoms with E-state index >= 15 is 0 Å². The second-order valence-electron chi connectivity index (χ2n) is 2.84. The lowest BCUT2D eigenvalue weighted by atomic mass is 10.1. The van der Waals surface area contributed by atoms with Crippen LogP contribution in [0.4, 0.5) is 0 Å². The fourth-order valence-electron chi connectivity index (χ4n) is 1.40. The molecule has 2 atom stereocenters. The lowest BCUT2D eigenvalue weighted by molar-refractivity contribution is 0.157. The van der Waals surface area contributed by atoms with E-state index in [1.165, 1.54) is 0 Å². The van der Waals surface area contributed by atoms with E-state index in [9.17, 15) is 0 Å². The number of aliphatic hydroxyl groups excluding tert-OH is 1. The third-order valence-corrected chi connectivity index (χ3v) is 1.94. The van der Waals surface area contributed by atoms with Crippen LogP contribution < -0.4 is 5.32 Å².